The first kappa shape index (κ1) is 29.9. The van der Waals surface area contributed by atoms with E-state index in [1.54, 1.807) is 0 Å². The number of nitrogen functional groups attached to an aromatic ring is 1. The van der Waals surface area contributed by atoms with E-state index >= 15 is 0 Å². The highest BCUT2D eigenvalue weighted by Gasteiger charge is 2.39. The van der Waals surface area contributed by atoms with Crippen molar-refractivity contribution in [2.24, 2.45) is 0 Å². The normalized spacial score (nSPS) is 19.8. The lowest BCUT2D eigenvalue weighted by Gasteiger charge is -2.41. The minimum Gasteiger partial charge on any atom is -0.475 e. The summed E-state index contributed by atoms with van der Waals surface area (Å²) in [5.41, 5.74) is 5.82. The number of alkyl carbamates (subject to hydrolysis) is 1. The smallest absolute Gasteiger partial charge is 0.475 e. The fraction of sp³-hybridized carbons (Fsp3) is 0.500. The Hall–Kier alpha value is -3.28. The van der Waals surface area contributed by atoms with Crippen LogP contribution >= 0.6 is 11.6 Å². The largest absolute Gasteiger partial charge is 0.490 e. The predicted molar refractivity (Wildman–Crippen MR) is 131 cm³/mol. The number of anilines is 1. The number of hydrogen-bond acceptors (Lipinski definition) is 6. The minimum atomic E-state index is -5.08. The van der Waals surface area contributed by atoms with E-state index in [9.17, 15) is 22.8 Å². The van der Waals surface area contributed by atoms with Gasteiger partial charge in [0, 0.05) is 23.0 Å². The summed E-state index contributed by atoms with van der Waals surface area (Å²) in [6.45, 7) is 5.93. The molecule has 13 heteroatoms. The molecule has 9 nitrogen and oxygen atoms in total. The van der Waals surface area contributed by atoms with Crippen LogP contribution in [-0.2, 0) is 14.9 Å². The average Bonchev–Trinajstić information content (AvgIpc) is 2.78. The third kappa shape index (κ3) is 8.96. The summed E-state index contributed by atoms with van der Waals surface area (Å²) in [6, 6.07) is 10.7. The molecule has 0 unspecified atom stereocenters. The summed E-state index contributed by atoms with van der Waals surface area (Å²) in [7, 11) is 0. The van der Waals surface area contributed by atoms with Crippen molar-refractivity contribution in [3.05, 3.63) is 57.3 Å². The molecule has 1 heterocycles. The van der Waals surface area contributed by atoms with Crippen molar-refractivity contribution in [3.63, 3.8) is 0 Å². The third-order valence-electron chi connectivity index (χ3n) is 5.75. The molecule has 1 amide bonds. The van der Waals surface area contributed by atoms with Crippen LogP contribution < -0.4 is 16.6 Å². The van der Waals surface area contributed by atoms with E-state index in [1.807, 2.05) is 45.0 Å². The fourth-order valence-corrected chi connectivity index (χ4v) is 4.23. The molecular weight excluding hydrogens is 517 g/mol. The Balaban J connectivity index is 0.000000604. The molecule has 3 rings (SSSR count). The fourth-order valence-electron chi connectivity index (χ4n) is 4.04. The van der Waals surface area contributed by atoms with Gasteiger partial charge >= 0.3 is 18.2 Å². The standard InChI is InChI=1S/C22H29ClN4O3.C2HF3O2/c1-21(2,3)30-20(29)25-14-22(15-5-4-6-16(23)13-15)11-9-17(10-12-22)27-19(28)8-7-18(24)26-27;3-2(4,5)1(6)7/h4-8,13,17H,9-12,14H2,1-3H3,(H2,24,26)(H,25,29);(H,6,7)/t17-,22+;. The molecule has 1 fully saturated rings. The first-order valence-corrected chi connectivity index (χ1v) is 11.8. The number of carbonyl (C=O) groups is 2. The number of nitrogens with one attached hydrogen (secondary N) is 1. The number of carbonyl (C=O) groups excluding carboxylic acids is 1. The van der Waals surface area contributed by atoms with Crippen LogP contribution in [0.25, 0.3) is 0 Å². The Morgan fingerprint density at radius 2 is 1.81 bits per heavy atom. The zero-order chi connectivity index (χ0) is 28.0. The quantitative estimate of drug-likeness (QED) is 0.506. The maximum absolute atomic E-state index is 12.3. The van der Waals surface area contributed by atoms with Gasteiger partial charge in [0.1, 0.15) is 11.4 Å². The zero-order valence-corrected chi connectivity index (χ0v) is 21.4. The number of benzene rings is 1. The molecule has 1 aromatic heterocycles. The van der Waals surface area contributed by atoms with Crippen molar-refractivity contribution in [2.75, 3.05) is 12.3 Å². The highest BCUT2D eigenvalue weighted by Crippen LogP contribution is 2.43. The van der Waals surface area contributed by atoms with Crippen molar-refractivity contribution in [2.45, 2.75) is 69.7 Å². The minimum absolute atomic E-state index is 0.0326. The van der Waals surface area contributed by atoms with Gasteiger partial charge in [-0.1, -0.05) is 23.7 Å². The number of hydrogen-bond donors (Lipinski definition) is 3. The predicted octanol–water partition coefficient (Wildman–Crippen LogP) is 4.69. The molecule has 0 atom stereocenters. The molecular formula is C24H30ClF3N4O5. The van der Waals surface area contributed by atoms with Crippen LogP contribution in [0.4, 0.5) is 23.8 Å². The van der Waals surface area contributed by atoms with Gasteiger partial charge in [-0.05, 0) is 70.2 Å². The van der Waals surface area contributed by atoms with Crippen molar-refractivity contribution in [1.82, 2.24) is 15.1 Å². The van der Waals surface area contributed by atoms with Gasteiger partial charge in [0.05, 0.1) is 6.04 Å². The third-order valence-corrected chi connectivity index (χ3v) is 5.99. The Morgan fingerprint density at radius 3 is 2.32 bits per heavy atom. The molecule has 1 aromatic carbocycles. The molecule has 0 spiro atoms. The maximum atomic E-state index is 12.3. The van der Waals surface area contributed by atoms with E-state index < -0.39 is 23.8 Å². The summed E-state index contributed by atoms with van der Waals surface area (Å²) in [6.07, 6.45) is -2.54. The summed E-state index contributed by atoms with van der Waals surface area (Å²) in [5.74, 6) is -2.43. The van der Waals surface area contributed by atoms with Gasteiger partial charge in [-0.15, -0.1) is 0 Å². The topological polar surface area (TPSA) is 137 Å². The van der Waals surface area contributed by atoms with Crippen LogP contribution in [0.1, 0.15) is 58.1 Å². The van der Waals surface area contributed by atoms with Gasteiger partial charge in [0.2, 0.25) is 0 Å². The number of amides is 1. The van der Waals surface area contributed by atoms with E-state index in [-0.39, 0.29) is 17.0 Å². The van der Waals surface area contributed by atoms with Crippen LogP contribution in [0.3, 0.4) is 0 Å². The average molecular weight is 547 g/mol. The van der Waals surface area contributed by atoms with Crippen LogP contribution in [0, 0.1) is 0 Å². The lowest BCUT2D eigenvalue weighted by Crippen LogP contribution is -2.45. The number of alkyl halides is 3. The molecule has 0 saturated heterocycles. The van der Waals surface area contributed by atoms with Gasteiger partial charge < -0.3 is 20.9 Å². The Morgan fingerprint density at radius 1 is 1.22 bits per heavy atom. The lowest BCUT2D eigenvalue weighted by molar-refractivity contribution is -0.192. The highest BCUT2D eigenvalue weighted by molar-refractivity contribution is 6.30. The second-order valence-electron chi connectivity index (χ2n) is 9.72. The van der Waals surface area contributed by atoms with Crippen molar-refractivity contribution in [1.29, 1.82) is 0 Å². The number of halogens is 4. The summed E-state index contributed by atoms with van der Waals surface area (Å²) in [4.78, 5) is 33.4. The molecule has 1 aliphatic rings. The van der Waals surface area contributed by atoms with Gasteiger partial charge in [-0.2, -0.15) is 18.3 Å². The number of nitrogens with two attached hydrogens (primary N) is 1. The number of aromatic nitrogens is 2. The number of nitrogens with zero attached hydrogens (tertiary/aromatic N) is 2. The number of carboxylic acid groups (broad SMARTS) is 1. The van der Waals surface area contributed by atoms with Gasteiger partial charge in [0.25, 0.3) is 5.56 Å². The monoisotopic (exact) mass is 546 g/mol. The van der Waals surface area contributed by atoms with Crippen LogP contribution in [-0.4, -0.2) is 45.3 Å². The van der Waals surface area contributed by atoms with Gasteiger partial charge in [0.15, 0.2) is 0 Å². The number of aliphatic carboxylic acids is 1. The van der Waals surface area contributed by atoms with Crippen molar-refractivity contribution >= 4 is 29.5 Å². The molecule has 2 aromatic rings. The molecule has 0 bridgehead atoms. The summed E-state index contributed by atoms with van der Waals surface area (Å²) < 4.78 is 38.6. The van der Waals surface area contributed by atoms with E-state index in [0.29, 0.717) is 17.4 Å². The first-order valence-electron chi connectivity index (χ1n) is 11.4. The van der Waals surface area contributed by atoms with Crippen LogP contribution in [0.5, 0.6) is 0 Å². The second-order valence-corrected chi connectivity index (χ2v) is 10.2. The molecule has 0 radical (unpaired) electrons. The molecule has 4 N–H and O–H groups in total. The SMILES string of the molecule is CC(C)(C)OC(=O)NC[C@]1(c2cccc(Cl)c2)CC[C@@H](n2nc(N)ccc2=O)CC1.O=C(O)C(F)(F)F. The van der Waals surface area contributed by atoms with E-state index in [1.165, 1.54) is 16.8 Å². The second kappa shape index (κ2) is 11.8. The van der Waals surface area contributed by atoms with Crippen molar-refractivity contribution < 1.29 is 32.6 Å². The molecule has 0 aliphatic heterocycles. The molecule has 37 heavy (non-hydrogen) atoms. The highest BCUT2D eigenvalue weighted by atomic mass is 35.5. The van der Waals surface area contributed by atoms with Gasteiger partial charge in [-0.3, -0.25) is 4.79 Å². The van der Waals surface area contributed by atoms with E-state index in [0.717, 1.165) is 31.2 Å². The molecule has 204 valence electrons. The van der Waals surface area contributed by atoms with Gasteiger partial charge in [-0.25, -0.2) is 14.3 Å². The summed E-state index contributed by atoms with van der Waals surface area (Å²) >= 11 is 6.26. The Labute approximate surface area is 216 Å². The van der Waals surface area contributed by atoms with Crippen LogP contribution in [0.2, 0.25) is 5.02 Å². The van der Waals surface area contributed by atoms with E-state index in [4.69, 9.17) is 32.0 Å². The first-order chi connectivity index (χ1) is 17.0. The van der Waals surface area contributed by atoms with E-state index in [2.05, 4.69) is 10.4 Å². The maximum Gasteiger partial charge on any atom is 0.490 e. The molecule has 1 saturated carbocycles. The van der Waals surface area contributed by atoms with Crippen molar-refractivity contribution in [3.8, 4) is 0 Å². The molecule has 1 aliphatic carbocycles. The zero-order valence-electron chi connectivity index (χ0n) is 20.6. The van der Waals surface area contributed by atoms with Crippen LogP contribution in [0.15, 0.2) is 41.2 Å². The number of carboxylic acids is 1. The lowest BCUT2D eigenvalue weighted by atomic mass is 9.68. The number of rotatable bonds is 4. The summed E-state index contributed by atoms with van der Waals surface area (Å²) in [5, 5.41) is 14.9. The number of ether oxygens (including phenoxy) is 1. The Bertz CT molecular complexity index is 1160. The Kier molecular flexibility index (Phi) is 9.59.